The van der Waals surface area contributed by atoms with Crippen LogP contribution in [-0.4, -0.2) is 49.2 Å². The molecule has 2 unspecified atom stereocenters. The lowest BCUT2D eigenvalue weighted by Crippen LogP contribution is -2.48. The quantitative estimate of drug-likeness (QED) is 0.462. The predicted octanol–water partition coefficient (Wildman–Crippen LogP) is 2.48. The zero-order chi connectivity index (χ0) is 13.0. The van der Waals surface area contributed by atoms with Crippen LogP contribution in [0.3, 0.4) is 0 Å². The van der Waals surface area contributed by atoms with Gasteiger partial charge in [-0.2, -0.15) is 0 Å². The third kappa shape index (κ3) is 5.10. The van der Waals surface area contributed by atoms with Crippen LogP contribution in [0.15, 0.2) is 4.99 Å². The monoisotopic (exact) mass is 381 g/mol. The Bertz CT molecular complexity index is 290. The summed E-state index contributed by atoms with van der Waals surface area (Å²) in [6, 6.07) is 0.653. The Morgan fingerprint density at radius 3 is 2.42 bits per heavy atom. The number of guanidine groups is 1. The van der Waals surface area contributed by atoms with Crippen molar-refractivity contribution in [1.29, 1.82) is 0 Å². The summed E-state index contributed by atoms with van der Waals surface area (Å²) in [6.07, 6.45) is 3.99. The van der Waals surface area contributed by atoms with E-state index in [2.05, 4.69) is 36.0 Å². The van der Waals surface area contributed by atoms with E-state index in [0.717, 1.165) is 51.0 Å². The van der Waals surface area contributed by atoms with Crippen LogP contribution in [0.4, 0.5) is 0 Å². The van der Waals surface area contributed by atoms with Crippen LogP contribution in [0.5, 0.6) is 0 Å². The Labute approximate surface area is 134 Å². The van der Waals surface area contributed by atoms with Crippen molar-refractivity contribution in [2.75, 3.05) is 26.2 Å². The Kier molecular flexibility index (Phi) is 7.42. The van der Waals surface area contributed by atoms with Crippen molar-refractivity contribution < 1.29 is 4.74 Å². The van der Waals surface area contributed by atoms with Crippen LogP contribution < -0.4 is 5.32 Å². The van der Waals surface area contributed by atoms with Crippen LogP contribution in [0, 0.1) is 5.92 Å². The van der Waals surface area contributed by atoms with Crippen LogP contribution in [0.1, 0.15) is 40.0 Å². The lowest BCUT2D eigenvalue weighted by Gasteiger charge is -2.34. The molecule has 1 saturated heterocycles. The number of likely N-dealkylation sites (tertiary alicyclic amines) is 1. The number of hydrogen-bond acceptors (Lipinski definition) is 2. The van der Waals surface area contributed by atoms with E-state index >= 15 is 0 Å². The zero-order valence-electron chi connectivity index (χ0n) is 12.4. The Morgan fingerprint density at radius 2 is 1.95 bits per heavy atom. The first kappa shape index (κ1) is 17.0. The molecule has 0 aromatic rings. The molecule has 1 N–H and O–H groups in total. The molecule has 0 radical (unpaired) electrons. The predicted molar refractivity (Wildman–Crippen MR) is 90.3 cm³/mol. The lowest BCUT2D eigenvalue weighted by atomic mass is 10.1. The number of rotatable bonds is 4. The Hall–Kier alpha value is -0.0400. The average molecular weight is 381 g/mol. The fraction of sp³-hybridized carbons (Fsp3) is 0.929. The van der Waals surface area contributed by atoms with Crippen molar-refractivity contribution in [3.8, 4) is 0 Å². The zero-order valence-corrected chi connectivity index (χ0v) is 14.7. The molecule has 0 aromatic heterocycles. The molecule has 2 rings (SSSR count). The summed E-state index contributed by atoms with van der Waals surface area (Å²) in [4.78, 5) is 7.02. The number of nitrogens with zero attached hydrogens (tertiary/aromatic N) is 2. The highest BCUT2D eigenvalue weighted by Crippen LogP contribution is 2.29. The molecular formula is C14H28IN3O. The van der Waals surface area contributed by atoms with Crippen LogP contribution >= 0.6 is 24.0 Å². The molecule has 4 nitrogen and oxygen atoms in total. The summed E-state index contributed by atoms with van der Waals surface area (Å²) >= 11 is 0. The summed E-state index contributed by atoms with van der Waals surface area (Å²) in [7, 11) is 0. The molecule has 0 amide bonds. The largest absolute Gasteiger partial charge is 0.378 e. The van der Waals surface area contributed by atoms with Crippen molar-refractivity contribution in [2.45, 2.75) is 52.2 Å². The molecule has 5 heteroatoms. The van der Waals surface area contributed by atoms with E-state index in [-0.39, 0.29) is 24.0 Å². The number of aliphatic imine (C=N–C) groups is 1. The van der Waals surface area contributed by atoms with E-state index in [4.69, 9.17) is 4.74 Å². The molecule has 1 aliphatic heterocycles. The lowest BCUT2D eigenvalue weighted by molar-refractivity contribution is 0.0263. The smallest absolute Gasteiger partial charge is 0.194 e. The first-order valence-corrected chi connectivity index (χ1v) is 7.42. The summed E-state index contributed by atoms with van der Waals surface area (Å²) in [5, 5.41) is 3.59. The first-order valence-electron chi connectivity index (χ1n) is 7.42. The van der Waals surface area contributed by atoms with Crippen molar-refractivity contribution >= 4 is 29.9 Å². The Morgan fingerprint density at radius 1 is 1.32 bits per heavy atom. The summed E-state index contributed by atoms with van der Waals surface area (Å²) in [5.41, 5.74) is 0. The van der Waals surface area contributed by atoms with E-state index in [1.54, 1.807) is 0 Å². The minimum Gasteiger partial charge on any atom is -0.378 e. The minimum absolute atomic E-state index is 0. The molecule has 112 valence electrons. The van der Waals surface area contributed by atoms with Gasteiger partial charge in [-0.3, -0.25) is 4.99 Å². The highest BCUT2D eigenvalue weighted by Gasteiger charge is 2.34. The molecule has 19 heavy (non-hydrogen) atoms. The fourth-order valence-electron chi connectivity index (χ4n) is 2.55. The molecule has 1 saturated carbocycles. The van der Waals surface area contributed by atoms with Gasteiger partial charge in [0, 0.05) is 32.3 Å². The molecular weight excluding hydrogens is 353 g/mol. The second-order valence-electron chi connectivity index (χ2n) is 5.40. The summed E-state index contributed by atoms with van der Waals surface area (Å²) in [5.74, 6) is 1.93. The first-order chi connectivity index (χ1) is 8.74. The number of ether oxygens (including phenoxy) is 1. The maximum absolute atomic E-state index is 5.69. The second kappa shape index (κ2) is 8.29. The van der Waals surface area contributed by atoms with Gasteiger partial charge in [0.1, 0.15) is 0 Å². The highest BCUT2D eigenvalue weighted by molar-refractivity contribution is 14.0. The maximum Gasteiger partial charge on any atom is 0.194 e. The van der Waals surface area contributed by atoms with Gasteiger partial charge in [0.15, 0.2) is 5.96 Å². The number of hydrogen-bond donors (Lipinski definition) is 1. The molecule has 0 aromatic carbocycles. The third-order valence-electron chi connectivity index (χ3n) is 3.88. The number of halogens is 1. The maximum atomic E-state index is 5.69. The van der Waals surface area contributed by atoms with Gasteiger partial charge in [-0.25, -0.2) is 0 Å². The third-order valence-corrected chi connectivity index (χ3v) is 3.88. The van der Waals surface area contributed by atoms with Gasteiger partial charge in [-0.1, -0.05) is 6.92 Å². The molecule has 0 bridgehead atoms. The molecule has 2 atom stereocenters. The Balaban J connectivity index is 0.00000180. The van der Waals surface area contributed by atoms with Crippen LogP contribution in [0.2, 0.25) is 0 Å². The van der Waals surface area contributed by atoms with E-state index in [1.807, 2.05) is 0 Å². The fourth-order valence-corrected chi connectivity index (χ4v) is 2.55. The highest BCUT2D eigenvalue weighted by atomic mass is 127. The van der Waals surface area contributed by atoms with Gasteiger partial charge in [-0.15, -0.1) is 24.0 Å². The molecule has 2 fully saturated rings. The second-order valence-corrected chi connectivity index (χ2v) is 5.40. The van der Waals surface area contributed by atoms with Gasteiger partial charge in [0.25, 0.3) is 0 Å². The van der Waals surface area contributed by atoms with Crippen molar-refractivity contribution in [1.82, 2.24) is 10.2 Å². The summed E-state index contributed by atoms with van der Waals surface area (Å²) in [6.45, 7) is 10.3. The number of nitrogens with one attached hydrogen (secondary N) is 1. The normalized spacial score (nSPS) is 27.9. The van der Waals surface area contributed by atoms with E-state index in [0.29, 0.717) is 12.1 Å². The van der Waals surface area contributed by atoms with Gasteiger partial charge in [0.2, 0.25) is 0 Å². The van der Waals surface area contributed by atoms with Crippen LogP contribution in [-0.2, 0) is 4.74 Å². The molecule has 2 aliphatic rings. The van der Waals surface area contributed by atoms with Gasteiger partial charge in [-0.05, 0) is 39.0 Å². The SMILES string of the molecule is CCN=C(NC1CC1C)N1CCC(OCC)CC1.I. The number of piperidine rings is 1. The van der Waals surface area contributed by atoms with Gasteiger partial charge < -0.3 is 15.0 Å². The van der Waals surface area contributed by atoms with Gasteiger partial charge >= 0.3 is 0 Å². The molecule has 1 aliphatic carbocycles. The average Bonchev–Trinajstić information content (AvgIpc) is 3.06. The summed E-state index contributed by atoms with van der Waals surface area (Å²) < 4.78 is 5.69. The van der Waals surface area contributed by atoms with Crippen molar-refractivity contribution in [3.63, 3.8) is 0 Å². The van der Waals surface area contributed by atoms with E-state index in [9.17, 15) is 0 Å². The van der Waals surface area contributed by atoms with E-state index < -0.39 is 0 Å². The molecule has 1 heterocycles. The van der Waals surface area contributed by atoms with Crippen LogP contribution in [0.25, 0.3) is 0 Å². The van der Waals surface area contributed by atoms with E-state index in [1.165, 1.54) is 6.42 Å². The van der Waals surface area contributed by atoms with Gasteiger partial charge in [0.05, 0.1) is 6.10 Å². The topological polar surface area (TPSA) is 36.9 Å². The molecule has 0 spiro atoms. The minimum atomic E-state index is 0. The van der Waals surface area contributed by atoms with Crippen molar-refractivity contribution in [3.05, 3.63) is 0 Å². The van der Waals surface area contributed by atoms with Crippen molar-refractivity contribution in [2.24, 2.45) is 10.9 Å². The standard InChI is InChI=1S/C14H27N3O.HI/c1-4-15-14(16-13-10-11(13)3)17-8-6-12(7-9-17)18-5-2;/h11-13H,4-10H2,1-3H3,(H,15,16);1H.